The van der Waals surface area contributed by atoms with Crippen molar-refractivity contribution in [3.8, 4) is 11.3 Å². The van der Waals surface area contributed by atoms with Gasteiger partial charge in [0.1, 0.15) is 0 Å². The fourth-order valence-corrected chi connectivity index (χ4v) is 2.56. The average molecular weight is 296 g/mol. The maximum Gasteiger partial charge on any atom is 0.323 e. The molecule has 114 valence electrons. The van der Waals surface area contributed by atoms with E-state index in [1.54, 1.807) is 11.0 Å². The third-order valence-electron chi connectivity index (χ3n) is 3.89. The standard InChI is InChI=1S/C17H20N4O/c1-12-4-6-13(7-5-12)15-9-8-14(18)16(19-15)20-17(22)21-10-2-3-11-21/h4-9H,2-3,10-11,18H2,1H3,(H,19,20,22). The van der Waals surface area contributed by atoms with Crippen molar-refractivity contribution < 1.29 is 4.79 Å². The number of hydrogen-bond donors (Lipinski definition) is 2. The zero-order valence-electron chi connectivity index (χ0n) is 12.7. The summed E-state index contributed by atoms with van der Waals surface area (Å²) in [5, 5.41) is 2.82. The first-order valence-electron chi connectivity index (χ1n) is 7.53. The van der Waals surface area contributed by atoms with Crippen molar-refractivity contribution in [2.45, 2.75) is 19.8 Å². The molecule has 3 N–H and O–H groups in total. The van der Waals surface area contributed by atoms with Gasteiger partial charge in [-0.2, -0.15) is 0 Å². The number of nitrogen functional groups attached to an aromatic ring is 1. The summed E-state index contributed by atoms with van der Waals surface area (Å²) in [6, 6.07) is 11.6. The highest BCUT2D eigenvalue weighted by molar-refractivity contribution is 5.91. The van der Waals surface area contributed by atoms with Gasteiger partial charge in [0.15, 0.2) is 5.82 Å². The lowest BCUT2D eigenvalue weighted by Crippen LogP contribution is -2.32. The molecule has 22 heavy (non-hydrogen) atoms. The summed E-state index contributed by atoms with van der Waals surface area (Å²) in [5.74, 6) is 0.426. The van der Waals surface area contributed by atoms with Crippen LogP contribution in [0.1, 0.15) is 18.4 Å². The van der Waals surface area contributed by atoms with E-state index in [1.165, 1.54) is 5.56 Å². The third-order valence-corrected chi connectivity index (χ3v) is 3.89. The number of amides is 2. The van der Waals surface area contributed by atoms with E-state index in [2.05, 4.69) is 10.3 Å². The smallest absolute Gasteiger partial charge is 0.323 e. The number of nitrogens with zero attached hydrogens (tertiary/aromatic N) is 2. The Morgan fingerprint density at radius 2 is 1.82 bits per heavy atom. The topological polar surface area (TPSA) is 71.2 Å². The predicted octanol–water partition coefficient (Wildman–Crippen LogP) is 3.27. The van der Waals surface area contributed by atoms with Crippen molar-refractivity contribution in [1.82, 2.24) is 9.88 Å². The van der Waals surface area contributed by atoms with Gasteiger partial charge in [-0.15, -0.1) is 0 Å². The summed E-state index contributed by atoms with van der Waals surface area (Å²) in [5.41, 5.74) is 9.41. The van der Waals surface area contributed by atoms with Crippen LogP contribution in [-0.4, -0.2) is 29.0 Å². The quantitative estimate of drug-likeness (QED) is 0.893. The van der Waals surface area contributed by atoms with Crippen LogP contribution in [0.25, 0.3) is 11.3 Å². The summed E-state index contributed by atoms with van der Waals surface area (Å²) in [6.45, 7) is 3.63. The van der Waals surface area contributed by atoms with Gasteiger partial charge in [-0.05, 0) is 31.9 Å². The second kappa shape index (κ2) is 6.05. The maximum absolute atomic E-state index is 12.2. The molecule has 3 rings (SSSR count). The first kappa shape index (κ1) is 14.4. The Labute approximate surface area is 130 Å². The molecule has 5 heteroatoms. The second-order valence-electron chi connectivity index (χ2n) is 5.62. The lowest BCUT2D eigenvalue weighted by Gasteiger charge is -2.17. The Hall–Kier alpha value is -2.56. The Bertz CT molecular complexity index is 676. The van der Waals surface area contributed by atoms with Crippen molar-refractivity contribution in [3.63, 3.8) is 0 Å². The van der Waals surface area contributed by atoms with Crippen molar-refractivity contribution >= 4 is 17.5 Å². The van der Waals surface area contributed by atoms with E-state index in [9.17, 15) is 4.79 Å². The summed E-state index contributed by atoms with van der Waals surface area (Å²) in [6.07, 6.45) is 2.11. The van der Waals surface area contributed by atoms with Gasteiger partial charge in [-0.1, -0.05) is 29.8 Å². The fraction of sp³-hybridized carbons (Fsp3) is 0.294. The third kappa shape index (κ3) is 3.03. The Balaban J connectivity index is 1.83. The Morgan fingerprint density at radius 1 is 1.14 bits per heavy atom. The largest absolute Gasteiger partial charge is 0.396 e. The Kier molecular flexibility index (Phi) is 3.96. The zero-order valence-corrected chi connectivity index (χ0v) is 12.7. The molecule has 2 amide bonds. The number of aromatic nitrogens is 1. The van der Waals surface area contributed by atoms with Crippen LogP contribution in [-0.2, 0) is 0 Å². The number of nitrogens with one attached hydrogen (secondary N) is 1. The SMILES string of the molecule is Cc1ccc(-c2ccc(N)c(NC(=O)N3CCCC3)n2)cc1. The molecule has 0 radical (unpaired) electrons. The average Bonchev–Trinajstić information content (AvgIpc) is 3.05. The molecular weight excluding hydrogens is 276 g/mol. The van der Waals surface area contributed by atoms with Crippen LogP contribution in [0.2, 0.25) is 0 Å². The number of nitrogens with two attached hydrogens (primary N) is 1. The van der Waals surface area contributed by atoms with Crippen LogP contribution in [0.3, 0.4) is 0 Å². The van der Waals surface area contributed by atoms with Crippen LogP contribution in [0.15, 0.2) is 36.4 Å². The number of urea groups is 1. The summed E-state index contributed by atoms with van der Waals surface area (Å²) in [4.78, 5) is 18.5. The molecule has 0 saturated carbocycles. The van der Waals surface area contributed by atoms with Crippen molar-refractivity contribution in [3.05, 3.63) is 42.0 Å². The van der Waals surface area contributed by atoms with Crippen LogP contribution in [0.5, 0.6) is 0 Å². The molecule has 0 bridgehead atoms. The predicted molar refractivity (Wildman–Crippen MR) is 88.6 cm³/mol. The summed E-state index contributed by atoms with van der Waals surface area (Å²) in [7, 11) is 0. The minimum atomic E-state index is -0.127. The highest BCUT2D eigenvalue weighted by Crippen LogP contribution is 2.24. The number of benzene rings is 1. The maximum atomic E-state index is 12.2. The number of pyridine rings is 1. The molecule has 1 aliphatic rings. The van der Waals surface area contributed by atoms with Crippen molar-refractivity contribution in [2.24, 2.45) is 0 Å². The molecule has 0 unspecified atom stereocenters. The minimum Gasteiger partial charge on any atom is -0.396 e. The Morgan fingerprint density at radius 3 is 2.50 bits per heavy atom. The molecule has 5 nitrogen and oxygen atoms in total. The van der Waals surface area contributed by atoms with E-state index in [0.717, 1.165) is 37.2 Å². The number of carbonyl (C=O) groups is 1. The van der Waals surface area contributed by atoms with E-state index in [4.69, 9.17) is 5.73 Å². The van der Waals surface area contributed by atoms with Gasteiger partial charge in [0.25, 0.3) is 0 Å². The second-order valence-corrected chi connectivity index (χ2v) is 5.62. The number of anilines is 2. The van der Waals surface area contributed by atoms with E-state index >= 15 is 0 Å². The van der Waals surface area contributed by atoms with E-state index in [-0.39, 0.29) is 6.03 Å². The van der Waals surface area contributed by atoms with Gasteiger partial charge in [-0.3, -0.25) is 5.32 Å². The van der Waals surface area contributed by atoms with Crippen LogP contribution in [0, 0.1) is 6.92 Å². The molecule has 1 fully saturated rings. The number of carbonyl (C=O) groups excluding carboxylic acids is 1. The first-order valence-corrected chi connectivity index (χ1v) is 7.53. The number of likely N-dealkylation sites (tertiary alicyclic amines) is 1. The highest BCUT2D eigenvalue weighted by atomic mass is 16.2. The normalized spacial score (nSPS) is 14.1. The molecule has 1 aliphatic heterocycles. The van der Waals surface area contributed by atoms with Gasteiger partial charge in [0.05, 0.1) is 11.4 Å². The van der Waals surface area contributed by atoms with E-state index < -0.39 is 0 Å². The van der Waals surface area contributed by atoms with E-state index in [1.807, 2.05) is 37.3 Å². The lowest BCUT2D eigenvalue weighted by molar-refractivity contribution is 0.222. The molecule has 1 aromatic heterocycles. The summed E-state index contributed by atoms with van der Waals surface area (Å²) >= 11 is 0. The highest BCUT2D eigenvalue weighted by Gasteiger charge is 2.19. The molecule has 2 heterocycles. The van der Waals surface area contributed by atoms with Gasteiger partial charge in [0, 0.05) is 18.7 Å². The molecule has 0 spiro atoms. The van der Waals surface area contributed by atoms with Gasteiger partial charge in [0.2, 0.25) is 0 Å². The molecule has 0 atom stereocenters. The van der Waals surface area contributed by atoms with Gasteiger partial charge in [-0.25, -0.2) is 9.78 Å². The zero-order chi connectivity index (χ0) is 15.5. The molecule has 1 aromatic carbocycles. The number of hydrogen-bond acceptors (Lipinski definition) is 3. The number of aryl methyl sites for hydroxylation is 1. The van der Waals surface area contributed by atoms with Crippen molar-refractivity contribution in [1.29, 1.82) is 0 Å². The van der Waals surface area contributed by atoms with Gasteiger partial charge < -0.3 is 10.6 Å². The molecule has 0 aliphatic carbocycles. The lowest BCUT2D eigenvalue weighted by atomic mass is 10.1. The number of rotatable bonds is 2. The van der Waals surface area contributed by atoms with E-state index in [0.29, 0.717) is 11.5 Å². The van der Waals surface area contributed by atoms with Crippen LogP contribution < -0.4 is 11.1 Å². The molecule has 1 saturated heterocycles. The molecule has 2 aromatic rings. The minimum absolute atomic E-state index is 0.127. The monoisotopic (exact) mass is 296 g/mol. The van der Waals surface area contributed by atoms with Crippen LogP contribution >= 0.6 is 0 Å². The first-order chi connectivity index (χ1) is 10.6. The van der Waals surface area contributed by atoms with Crippen LogP contribution in [0.4, 0.5) is 16.3 Å². The molecular formula is C17H20N4O. The van der Waals surface area contributed by atoms with Gasteiger partial charge >= 0.3 is 6.03 Å². The fourth-order valence-electron chi connectivity index (χ4n) is 2.56. The summed E-state index contributed by atoms with van der Waals surface area (Å²) < 4.78 is 0. The van der Waals surface area contributed by atoms with Crippen molar-refractivity contribution in [2.75, 3.05) is 24.1 Å².